The van der Waals surface area contributed by atoms with E-state index in [9.17, 15) is 9.59 Å². The normalized spacial score (nSPS) is 13.7. The molecular weight excluding hydrogens is 384 g/mol. The van der Waals surface area contributed by atoms with Gasteiger partial charge in [-0.15, -0.1) is 0 Å². The zero-order valence-corrected chi connectivity index (χ0v) is 17.4. The molecule has 2 amide bonds. The number of aromatic nitrogens is 2. The van der Waals surface area contributed by atoms with Gasteiger partial charge in [0.25, 0.3) is 0 Å². The van der Waals surface area contributed by atoms with E-state index in [2.05, 4.69) is 25.5 Å². The Labute approximate surface area is 176 Å². The topological polar surface area (TPSA) is 99.7 Å². The van der Waals surface area contributed by atoms with Crippen molar-refractivity contribution in [2.75, 3.05) is 49.5 Å². The van der Waals surface area contributed by atoms with Crippen molar-refractivity contribution in [3.8, 4) is 0 Å². The highest BCUT2D eigenvalue weighted by atomic mass is 16.5. The first kappa shape index (κ1) is 21.4. The zero-order chi connectivity index (χ0) is 21.3. The first-order valence-electron chi connectivity index (χ1n) is 10.1. The van der Waals surface area contributed by atoms with E-state index in [4.69, 9.17) is 4.74 Å². The Kier molecular flexibility index (Phi) is 7.42. The lowest BCUT2D eigenvalue weighted by Gasteiger charge is -2.35. The Morgan fingerprint density at radius 2 is 1.83 bits per heavy atom. The maximum atomic E-state index is 12.4. The number of carbonyl (C=O) groups excluding carboxylic acids is 2. The lowest BCUT2D eigenvalue weighted by molar-refractivity contribution is -0.130. The quantitative estimate of drug-likeness (QED) is 0.715. The molecule has 1 aromatic carbocycles. The largest absolute Gasteiger partial charge is 0.445 e. The highest BCUT2D eigenvalue weighted by Crippen LogP contribution is 2.17. The number of nitrogens with one attached hydrogen (secondary N) is 2. The molecule has 3 rings (SSSR count). The van der Waals surface area contributed by atoms with Crippen LogP contribution in [0.4, 0.5) is 16.6 Å². The molecule has 0 unspecified atom stereocenters. The molecule has 30 heavy (non-hydrogen) atoms. The van der Waals surface area contributed by atoms with Crippen molar-refractivity contribution >= 4 is 23.8 Å². The minimum atomic E-state index is -0.599. The van der Waals surface area contributed by atoms with Gasteiger partial charge >= 0.3 is 6.09 Å². The Morgan fingerprint density at radius 1 is 1.10 bits per heavy atom. The fourth-order valence-corrected chi connectivity index (χ4v) is 3.17. The van der Waals surface area contributed by atoms with Crippen LogP contribution in [-0.4, -0.2) is 66.1 Å². The summed E-state index contributed by atoms with van der Waals surface area (Å²) in [6, 6.07) is 11.3. The number of hydrogen-bond acceptors (Lipinski definition) is 7. The van der Waals surface area contributed by atoms with E-state index in [0.29, 0.717) is 32.1 Å². The van der Waals surface area contributed by atoms with Crippen molar-refractivity contribution in [3.63, 3.8) is 0 Å². The summed E-state index contributed by atoms with van der Waals surface area (Å²) in [6.07, 6.45) is -0.599. The summed E-state index contributed by atoms with van der Waals surface area (Å²) in [5, 5.41) is 5.66. The fourth-order valence-electron chi connectivity index (χ4n) is 3.17. The predicted octanol–water partition coefficient (Wildman–Crippen LogP) is 1.79. The summed E-state index contributed by atoms with van der Waals surface area (Å²) in [6.45, 7) is 7.27. The molecule has 0 aliphatic carbocycles. The van der Waals surface area contributed by atoms with Crippen LogP contribution in [0, 0.1) is 6.92 Å². The SMILES string of the molecule is CCNc1nc(C)cc(N2CCN(C(=O)CNC(=O)OCc3ccccc3)CC2)n1. The molecule has 0 spiro atoms. The van der Waals surface area contributed by atoms with Crippen molar-refractivity contribution in [1.29, 1.82) is 0 Å². The standard InChI is InChI=1S/C21H28N6O3/c1-3-22-20-24-16(2)13-18(25-20)26-9-11-27(12-10-26)19(28)14-23-21(29)30-15-17-7-5-4-6-8-17/h4-8,13H,3,9-12,14-15H2,1-2H3,(H,23,29)(H,22,24,25). The third-order valence-corrected chi connectivity index (χ3v) is 4.73. The number of alkyl carbamates (subject to hydrolysis) is 1. The Hall–Kier alpha value is -3.36. The molecule has 1 aromatic heterocycles. The molecule has 1 aliphatic heterocycles. The molecule has 2 N–H and O–H groups in total. The van der Waals surface area contributed by atoms with Crippen LogP contribution >= 0.6 is 0 Å². The summed E-state index contributed by atoms with van der Waals surface area (Å²) >= 11 is 0. The van der Waals surface area contributed by atoms with E-state index < -0.39 is 6.09 Å². The van der Waals surface area contributed by atoms with Gasteiger partial charge < -0.3 is 25.2 Å². The van der Waals surface area contributed by atoms with Gasteiger partial charge in [-0.3, -0.25) is 4.79 Å². The molecule has 0 saturated carbocycles. The van der Waals surface area contributed by atoms with Crippen molar-refractivity contribution < 1.29 is 14.3 Å². The summed E-state index contributed by atoms with van der Waals surface area (Å²) in [5.41, 5.74) is 1.79. The lowest BCUT2D eigenvalue weighted by atomic mass is 10.2. The second kappa shape index (κ2) is 10.4. The van der Waals surface area contributed by atoms with Crippen LogP contribution in [0.25, 0.3) is 0 Å². The minimum Gasteiger partial charge on any atom is -0.445 e. The van der Waals surface area contributed by atoms with E-state index in [1.54, 1.807) is 4.90 Å². The van der Waals surface area contributed by atoms with Gasteiger partial charge in [0.1, 0.15) is 19.0 Å². The Balaban J connectivity index is 1.42. The van der Waals surface area contributed by atoms with Crippen LogP contribution in [-0.2, 0) is 16.1 Å². The van der Waals surface area contributed by atoms with Crippen LogP contribution in [0.2, 0.25) is 0 Å². The third kappa shape index (κ3) is 6.07. The molecule has 1 saturated heterocycles. The van der Waals surface area contributed by atoms with E-state index in [1.165, 1.54) is 0 Å². The third-order valence-electron chi connectivity index (χ3n) is 4.73. The molecule has 0 radical (unpaired) electrons. The Bertz CT molecular complexity index is 853. The molecule has 1 fully saturated rings. The number of nitrogens with zero attached hydrogens (tertiary/aromatic N) is 4. The van der Waals surface area contributed by atoms with Crippen LogP contribution in [0.3, 0.4) is 0 Å². The van der Waals surface area contributed by atoms with Crippen LogP contribution in [0.1, 0.15) is 18.2 Å². The first-order valence-corrected chi connectivity index (χ1v) is 10.1. The van der Waals surface area contributed by atoms with Gasteiger partial charge in [0, 0.05) is 44.5 Å². The van der Waals surface area contributed by atoms with Gasteiger partial charge in [-0.2, -0.15) is 4.98 Å². The maximum Gasteiger partial charge on any atom is 0.407 e. The van der Waals surface area contributed by atoms with Crippen molar-refractivity contribution in [2.45, 2.75) is 20.5 Å². The van der Waals surface area contributed by atoms with E-state index >= 15 is 0 Å². The van der Waals surface area contributed by atoms with Crippen molar-refractivity contribution in [3.05, 3.63) is 47.7 Å². The molecule has 2 heterocycles. The lowest BCUT2D eigenvalue weighted by Crippen LogP contribution is -2.51. The summed E-state index contributed by atoms with van der Waals surface area (Å²) < 4.78 is 5.13. The smallest absolute Gasteiger partial charge is 0.407 e. The number of rotatable bonds is 7. The number of benzene rings is 1. The predicted molar refractivity (Wildman–Crippen MR) is 114 cm³/mol. The monoisotopic (exact) mass is 412 g/mol. The van der Waals surface area contributed by atoms with E-state index in [1.807, 2.05) is 50.2 Å². The van der Waals surface area contributed by atoms with Crippen molar-refractivity contribution in [1.82, 2.24) is 20.2 Å². The van der Waals surface area contributed by atoms with Crippen LogP contribution in [0.5, 0.6) is 0 Å². The number of amides is 2. The number of anilines is 2. The van der Waals surface area contributed by atoms with E-state index in [0.717, 1.165) is 23.6 Å². The number of piperazine rings is 1. The van der Waals surface area contributed by atoms with Gasteiger partial charge in [0.15, 0.2) is 0 Å². The van der Waals surface area contributed by atoms with E-state index in [-0.39, 0.29) is 19.1 Å². The fraction of sp³-hybridized carbons (Fsp3) is 0.429. The zero-order valence-electron chi connectivity index (χ0n) is 17.4. The van der Waals surface area contributed by atoms with Crippen molar-refractivity contribution in [2.24, 2.45) is 0 Å². The molecule has 0 bridgehead atoms. The molecule has 9 nitrogen and oxygen atoms in total. The molecule has 9 heteroatoms. The summed E-state index contributed by atoms with van der Waals surface area (Å²) in [7, 11) is 0. The highest BCUT2D eigenvalue weighted by Gasteiger charge is 2.22. The molecule has 2 aromatic rings. The van der Waals surface area contributed by atoms with Crippen LogP contribution in [0.15, 0.2) is 36.4 Å². The number of aryl methyl sites for hydroxylation is 1. The molecule has 1 aliphatic rings. The van der Waals surface area contributed by atoms with Gasteiger partial charge in [-0.25, -0.2) is 9.78 Å². The molecule has 0 atom stereocenters. The van der Waals surface area contributed by atoms with Gasteiger partial charge in [0.2, 0.25) is 11.9 Å². The molecule has 160 valence electrons. The minimum absolute atomic E-state index is 0.0786. The first-order chi connectivity index (χ1) is 14.5. The number of ether oxygens (including phenoxy) is 1. The van der Waals surface area contributed by atoms with Gasteiger partial charge in [-0.1, -0.05) is 30.3 Å². The average Bonchev–Trinajstić information content (AvgIpc) is 2.76. The number of hydrogen-bond donors (Lipinski definition) is 2. The molecular formula is C21H28N6O3. The maximum absolute atomic E-state index is 12.4. The Morgan fingerprint density at radius 3 is 2.53 bits per heavy atom. The number of carbonyl (C=O) groups is 2. The highest BCUT2D eigenvalue weighted by molar-refractivity contribution is 5.82. The average molecular weight is 412 g/mol. The van der Waals surface area contributed by atoms with Gasteiger partial charge in [-0.05, 0) is 19.4 Å². The summed E-state index contributed by atoms with van der Waals surface area (Å²) in [5.74, 6) is 1.34. The van der Waals surface area contributed by atoms with Crippen LogP contribution < -0.4 is 15.5 Å². The second-order valence-corrected chi connectivity index (χ2v) is 7.00. The second-order valence-electron chi connectivity index (χ2n) is 7.00. The summed E-state index contributed by atoms with van der Waals surface area (Å²) in [4.78, 5) is 37.0. The van der Waals surface area contributed by atoms with Gasteiger partial charge in [0.05, 0.1) is 0 Å².